The van der Waals surface area contributed by atoms with Crippen LogP contribution in [-0.2, 0) is 6.54 Å². The van der Waals surface area contributed by atoms with Crippen LogP contribution < -0.4 is 5.32 Å². The smallest absolute Gasteiger partial charge is 0.321 e. The number of anilines is 1. The number of urea groups is 1. The van der Waals surface area contributed by atoms with Crippen LogP contribution in [0.1, 0.15) is 5.56 Å². The minimum Gasteiger partial charge on any atom is -0.323 e. The number of hydrogen-bond acceptors (Lipinski definition) is 1. The minimum absolute atomic E-state index is 0.224. The summed E-state index contributed by atoms with van der Waals surface area (Å²) >= 11 is 2.16. The van der Waals surface area contributed by atoms with Crippen LogP contribution in [0, 0.1) is 9.39 Å². The molecule has 0 spiro atoms. The van der Waals surface area contributed by atoms with Gasteiger partial charge in [0.05, 0.1) is 5.69 Å². The zero-order valence-corrected chi connectivity index (χ0v) is 13.1. The summed E-state index contributed by atoms with van der Waals surface area (Å²) in [6.07, 6.45) is 0. The van der Waals surface area contributed by atoms with Crippen LogP contribution >= 0.6 is 22.6 Å². The molecule has 2 aromatic rings. The second-order valence-electron chi connectivity index (χ2n) is 4.40. The van der Waals surface area contributed by atoms with Gasteiger partial charge in [-0.3, -0.25) is 0 Å². The summed E-state index contributed by atoms with van der Waals surface area (Å²) in [5, 5.41) is 2.83. The number of halogens is 2. The number of carbonyl (C=O) groups is 1. The molecule has 0 saturated heterocycles. The molecule has 0 unspecified atom stereocenters. The summed E-state index contributed by atoms with van der Waals surface area (Å²) in [6, 6.07) is 13.6. The highest BCUT2D eigenvalue weighted by atomic mass is 127. The predicted octanol–water partition coefficient (Wildman–Crippen LogP) is 4.09. The Kier molecular flexibility index (Phi) is 4.94. The van der Waals surface area contributed by atoms with Crippen molar-refractivity contribution in [3.8, 4) is 0 Å². The SMILES string of the molecule is CN(Cc1cccc(F)c1)C(=O)Nc1ccccc1I. The van der Waals surface area contributed by atoms with Crippen LogP contribution in [0.5, 0.6) is 0 Å². The molecule has 0 saturated carbocycles. The molecule has 0 heterocycles. The summed E-state index contributed by atoms with van der Waals surface area (Å²) < 4.78 is 14.1. The van der Waals surface area contributed by atoms with Gasteiger partial charge in [-0.1, -0.05) is 24.3 Å². The van der Waals surface area contributed by atoms with E-state index in [1.54, 1.807) is 19.2 Å². The third kappa shape index (κ3) is 3.93. The molecule has 0 aliphatic heterocycles. The van der Waals surface area contributed by atoms with E-state index in [1.807, 2.05) is 24.3 Å². The van der Waals surface area contributed by atoms with E-state index in [2.05, 4.69) is 27.9 Å². The molecule has 3 nitrogen and oxygen atoms in total. The average molecular weight is 384 g/mol. The lowest BCUT2D eigenvalue weighted by atomic mass is 10.2. The lowest BCUT2D eigenvalue weighted by molar-refractivity contribution is 0.220. The van der Waals surface area contributed by atoms with E-state index < -0.39 is 0 Å². The number of nitrogens with zero attached hydrogens (tertiary/aromatic N) is 1. The number of benzene rings is 2. The highest BCUT2D eigenvalue weighted by molar-refractivity contribution is 14.1. The maximum atomic E-state index is 13.1. The molecule has 2 aromatic carbocycles. The monoisotopic (exact) mass is 384 g/mol. The number of rotatable bonds is 3. The summed E-state index contributed by atoms with van der Waals surface area (Å²) in [5.74, 6) is -0.297. The first-order chi connectivity index (χ1) is 9.56. The van der Waals surface area contributed by atoms with Gasteiger partial charge in [0.25, 0.3) is 0 Å². The molecule has 0 aliphatic rings. The summed E-state index contributed by atoms with van der Waals surface area (Å²) in [4.78, 5) is 13.6. The van der Waals surface area contributed by atoms with Crippen molar-refractivity contribution in [2.24, 2.45) is 0 Å². The van der Waals surface area contributed by atoms with Gasteiger partial charge in [-0.25, -0.2) is 9.18 Å². The maximum Gasteiger partial charge on any atom is 0.321 e. The van der Waals surface area contributed by atoms with Gasteiger partial charge in [-0.05, 0) is 52.4 Å². The second kappa shape index (κ2) is 6.69. The Hall–Kier alpha value is -1.63. The molecular formula is C15H14FIN2O. The number of amides is 2. The second-order valence-corrected chi connectivity index (χ2v) is 5.56. The maximum absolute atomic E-state index is 13.1. The first-order valence-corrected chi connectivity index (χ1v) is 7.15. The molecule has 0 aromatic heterocycles. The van der Waals surface area contributed by atoms with Crippen molar-refractivity contribution >= 4 is 34.3 Å². The van der Waals surface area contributed by atoms with Gasteiger partial charge in [0.15, 0.2) is 0 Å². The average Bonchev–Trinajstić information content (AvgIpc) is 2.41. The largest absolute Gasteiger partial charge is 0.323 e. The fourth-order valence-corrected chi connectivity index (χ4v) is 2.28. The van der Waals surface area contributed by atoms with Crippen LogP contribution in [0.4, 0.5) is 14.9 Å². The first kappa shape index (κ1) is 14.8. The van der Waals surface area contributed by atoms with Crippen molar-refractivity contribution in [3.63, 3.8) is 0 Å². The zero-order valence-electron chi connectivity index (χ0n) is 10.9. The van der Waals surface area contributed by atoms with E-state index in [4.69, 9.17) is 0 Å². The van der Waals surface area contributed by atoms with Gasteiger partial charge in [0.2, 0.25) is 0 Å². The quantitative estimate of drug-likeness (QED) is 0.795. The minimum atomic E-state index is -0.297. The Bertz CT molecular complexity index is 618. The van der Waals surface area contributed by atoms with Gasteiger partial charge in [-0.2, -0.15) is 0 Å². The van der Waals surface area contributed by atoms with E-state index in [0.717, 1.165) is 14.8 Å². The molecule has 2 amide bonds. The lowest BCUT2D eigenvalue weighted by Gasteiger charge is -2.18. The molecular weight excluding hydrogens is 370 g/mol. The Morgan fingerprint density at radius 2 is 2.00 bits per heavy atom. The number of para-hydroxylation sites is 1. The normalized spacial score (nSPS) is 10.2. The summed E-state index contributed by atoms with van der Waals surface area (Å²) in [7, 11) is 1.68. The fourth-order valence-electron chi connectivity index (χ4n) is 1.75. The first-order valence-electron chi connectivity index (χ1n) is 6.07. The molecule has 5 heteroatoms. The molecule has 0 radical (unpaired) electrons. The van der Waals surface area contributed by atoms with Crippen molar-refractivity contribution < 1.29 is 9.18 Å². The van der Waals surface area contributed by atoms with Gasteiger partial charge < -0.3 is 10.2 Å². The van der Waals surface area contributed by atoms with Crippen molar-refractivity contribution in [2.75, 3.05) is 12.4 Å². The predicted molar refractivity (Wildman–Crippen MR) is 86.0 cm³/mol. The number of carbonyl (C=O) groups excluding carboxylic acids is 1. The zero-order chi connectivity index (χ0) is 14.5. The Labute approximate surface area is 130 Å². The molecule has 0 fully saturated rings. The Morgan fingerprint density at radius 1 is 1.25 bits per heavy atom. The van der Waals surface area contributed by atoms with Crippen LogP contribution in [-0.4, -0.2) is 18.0 Å². The fraction of sp³-hybridized carbons (Fsp3) is 0.133. The number of hydrogen-bond donors (Lipinski definition) is 1. The van der Waals surface area contributed by atoms with Gasteiger partial charge in [-0.15, -0.1) is 0 Å². The van der Waals surface area contributed by atoms with Crippen LogP contribution in [0.25, 0.3) is 0 Å². The molecule has 0 aliphatic carbocycles. The van der Waals surface area contributed by atoms with Crippen molar-refractivity contribution in [3.05, 3.63) is 63.5 Å². The summed E-state index contributed by atoms with van der Waals surface area (Å²) in [6.45, 7) is 0.354. The highest BCUT2D eigenvalue weighted by Crippen LogP contribution is 2.17. The van der Waals surface area contributed by atoms with Crippen molar-refractivity contribution in [2.45, 2.75) is 6.54 Å². The molecule has 20 heavy (non-hydrogen) atoms. The third-order valence-electron chi connectivity index (χ3n) is 2.77. The van der Waals surface area contributed by atoms with E-state index in [-0.39, 0.29) is 11.8 Å². The third-order valence-corrected chi connectivity index (χ3v) is 3.71. The topological polar surface area (TPSA) is 32.3 Å². The van der Waals surface area contributed by atoms with Crippen LogP contribution in [0.3, 0.4) is 0 Å². The highest BCUT2D eigenvalue weighted by Gasteiger charge is 2.11. The molecule has 0 atom stereocenters. The molecule has 1 N–H and O–H groups in total. The van der Waals surface area contributed by atoms with E-state index >= 15 is 0 Å². The number of nitrogens with one attached hydrogen (secondary N) is 1. The van der Waals surface area contributed by atoms with Crippen molar-refractivity contribution in [1.82, 2.24) is 4.90 Å². The molecule has 0 bridgehead atoms. The van der Waals surface area contributed by atoms with Gasteiger partial charge in [0.1, 0.15) is 5.82 Å². The van der Waals surface area contributed by atoms with Crippen molar-refractivity contribution in [1.29, 1.82) is 0 Å². The lowest BCUT2D eigenvalue weighted by Crippen LogP contribution is -2.31. The van der Waals surface area contributed by atoms with Gasteiger partial charge in [0, 0.05) is 17.2 Å². The molecule has 2 rings (SSSR count). The van der Waals surface area contributed by atoms with E-state index in [9.17, 15) is 9.18 Å². The Morgan fingerprint density at radius 3 is 2.70 bits per heavy atom. The van der Waals surface area contributed by atoms with Crippen LogP contribution in [0.2, 0.25) is 0 Å². The Balaban J connectivity index is 2.01. The van der Waals surface area contributed by atoms with E-state index in [1.165, 1.54) is 17.0 Å². The standard InChI is InChI=1S/C15H14FIN2O/c1-19(10-11-5-4-6-12(16)9-11)15(20)18-14-8-3-2-7-13(14)17/h2-9H,10H2,1H3,(H,18,20). The summed E-state index contributed by atoms with van der Waals surface area (Å²) in [5.41, 5.74) is 1.52. The van der Waals surface area contributed by atoms with Crippen LogP contribution in [0.15, 0.2) is 48.5 Å². The van der Waals surface area contributed by atoms with Gasteiger partial charge >= 0.3 is 6.03 Å². The molecule has 104 valence electrons. The van der Waals surface area contributed by atoms with E-state index in [0.29, 0.717) is 6.54 Å².